The molecule has 0 spiro atoms. The fourth-order valence-corrected chi connectivity index (χ4v) is 2.50. The normalized spacial score (nSPS) is 14.3. The van der Waals surface area contributed by atoms with Gasteiger partial charge in [-0.15, -0.1) is 0 Å². The lowest BCUT2D eigenvalue weighted by molar-refractivity contribution is -0.122. The van der Waals surface area contributed by atoms with Crippen LogP contribution in [0.15, 0.2) is 18.2 Å². The summed E-state index contributed by atoms with van der Waals surface area (Å²) >= 11 is 0. The Morgan fingerprint density at radius 3 is 2.86 bits per heavy atom. The van der Waals surface area contributed by atoms with Crippen LogP contribution in [0.1, 0.15) is 29.0 Å². The molecule has 1 aliphatic carbocycles. The molecule has 2 N–H and O–H groups in total. The van der Waals surface area contributed by atoms with Crippen LogP contribution in [0.5, 0.6) is 0 Å². The number of imidazole rings is 1. The van der Waals surface area contributed by atoms with Crippen molar-refractivity contribution in [1.29, 1.82) is 0 Å². The molecule has 0 unspecified atom stereocenters. The molecule has 2 aromatic rings. The van der Waals surface area contributed by atoms with Crippen molar-refractivity contribution in [1.82, 2.24) is 14.9 Å². The van der Waals surface area contributed by atoms with Gasteiger partial charge in [0.05, 0.1) is 11.1 Å². The van der Waals surface area contributed by atoms with Gasteiger partial charge in [-0.05, 0) is 31.9 Å². The third-order valence-corrected chi connectivity index (χ3v) is 3.78. The number of benzene rings is 1. The first-order chi connectivity index (χ1) is 10.1. The maximum absolute atomic E-state index is 11.6. The van der Waals surface area contributed by atoms with Gasteiger partial charge in [-0.3, -0.25) is 4.79 Å². The zero-order chi connectivity index (χ0) is 15.0. The summed E-state index contributed by atoms with van der Waals surface area (Å²) in [7, 11) is 0. The van der Waals surface area contributed by atoms with E-state index >= 15 is 0 Å². The fraction of sp³-hybridized carbons (Fsp3) is 0.400. The second kappa shape index (κ2) is 5.20. The lowest BCUT2D eigenvalue weighted by Gasteiger charge is -2.08. The smallest absolute Gasteiger partial charge is 0.337 e. The number of aromatic nitrogens is 2. The summed E-state index contributed by atoms with van der Waals surface area (Å²) in [5.41, 5.74) is 1.49. The van der Waals surface area contributed by atoms with Crippen LogP contribution in [-0.4, -0.2) is 33.1 Å². The average Bonchev–Trinajstić information content (AvgIpc) is 3.24. The molecule has 110 valence electrons. The molecular weight excluding hydrogens is 270 g/mol. The molecule has 0 radical (unpaired) electrons. The quantitative estimate of drug-likeness (QED) is 0.874. The number of aryl methyl sites for hydroxylation is 1. The number of hydrogen-bond acceptors (Lipinski definition) is 3. The molecule has 0 aliphatic heterocycles. The molecule has 6 nitrogen and oxygen atoms in total. The molecular formula is C15H17N3O3. The van der Waals surface area contributed by atoms with Crippen LogP contribution in [-0.2, 0) is 11.3 Å². The van der Waals surface area contributed by atoms with Crippen molar-refractivity contribution in [2.45, 2.75) is 26.3 Å². The lowest BCUT2D eigenvalue weighted by Crippen LogP contribution is -2.28. The molecule has 1 amide bonds. The van der Waals surface area contributed by atoms with E-state index in [1.807, 2.05) is 17.6 Å². The van der Waals surface area contributed by atoms with Crippen molar-refractivity contribution in [3.05, 3.63) is 29.6 Å². The molecule has 6 heteroatoms. The number of carboxylic acids is 1. The molecule has 0 bridgehead atoms. The van der Waals surface area contributed by atoms with Crippen LogP contribution in [0, 0.1) is 12.8 Å². The Bertz CT molecular complexity index is 716. The van der Waals surface area contributed by atoms with Crippen LogP contribution < -0.4 is 5.32 Å². The Kier molecular flexibility index (Phi) is 3.37. The van der Waals surface area contributed by atoms with Crippen molar-refractivity contribution < 1.29 is 14.7 Å². The number of carbonyl (C=O) groups excluding carboxylic acids is 1. The van der Waals surface area contributed by atoms with Crippen molar-refractivity contribution in [2.75, 3.05) is 6.54 Å². The predicted octanol–water partition coefficient (Wildman–Crippen LogP) is 1.57. The van der Waals surface area contributed by atoms with E-state index in [0.29, 0.717) is 18.6 Å². The van der Waals surface area contributed by atoms with Crippen molar-refractivity contribution in [3.8, 4) is 0 Å². The highest BCUT2D eigenvalue weighted by molar-refractivity contribution is 6.01. The summed E-state index contributed by atoms with van der Waals surface area (Å²) < 4.78 is 1.94. The number of carbonyl (C=O) groups is 2. The standard InChI is InChI=1S/C15H17N3O3/c1-9-17-13-11(15(20)21)3-2-4-12(13)18(9)8-7-16-14(19)10-5-6-10/h2-4,10H,5-8H2,1H3,(H,16,19)(H,20,21). The van der Waals surface area contributed by atoms with E-state index in [1.54, 1.807) is 12.1 Å². The fourth-order valence-electron chi connectivity index (χ4n) is 2.50. The maximum atomic E-state index is 11.6. The average molecular weight is 287 g/mol. The predicted molar refractivity (Wildman–Crippen MR) is 77.2 cm³/mol. The van der Waals surface area contributed by atoms with Crippen LogP contribution >= 0.6 is 0 Å². The van der Waals surface area contributed by atoms with E-state index in [2.05, 4.69) is 10.3 Å². The molecule has 1 fully saturated rings. The largest absolute Gasteiger partial charge is 0.478 e. The monoisotopic (exact) mass is 287 g/mol. The summed E-state index contributed by atoms with van der Waals surface area (Å²) in [4.78, 5) is 27.2. The molecule has 1 heterocycles. The number of carboxylic acid groups (broad SMARTS) is 1. The third-order valence-electron chi connectivity index (χ3n) is 3.78. The molecule has 3 rings (SSSR count). The molecule has 1 aliphatic rings. The van der Waals surface area contributed by atoms with Gasteiger partial charge in [-0.1, -0.05) is 6.07 Å². The Labute approximate surface area is 121 Å². The van der Waals surface area contributed by atoms with Gasteiger partial charge in [-0.2, -0.15) is 0 Å². The van der Waals surface area contributed by atoms with Crippen LogP contribution in [0.25, 0.3) is 11.0 Å². The van der Waals surface area contributed by atoms with Crippen molar-refractivity contribution in [3.63, 3.8) is 0 Å². The zero-order valence-corrected chi connectivity index (χ0v) is 11.8. The van der Waals surface area contributed by atoms with Gasteiger partial charge in [0, 0.05) is 19.0 Å². The first-order valence-electron chi connectivity index (χ1n) is 7.05. The minimum absolute atomic E-state index is 0.114. The van der Waals surface area contributed by atoms with Crippen LogP contribution in [0.4, 0.5) is 0 Å². The minimum atomic E-state index is -0.979. The number of amides is 1. The van der Waals surface area contributed by atoms with E-state index in [9.17, 15) is 14.7 Å². The van der Waals surface area contributed by atoms with Gasteiger partial charge in [0.2, 0.25) is 5.91 Å². The lowest BCUT2D eigenvalue weighted by atomic mass is 10.2. The van der Waals surface area contributed by atoms with Crippen LogP contribution in [0.2, 0.25) is 0 Å². The summed E-state index contributed by atoms with van der Waals surface area (Å²) in [5, 5.41) is 12.1. The topological polar surface area (TPSA) is 84.2 Å². The summed E-state index contributed by atoms with van der Waals surface area (Å²) in [6, 6.07) is 5.12. The Morgan fingerprint density at radius 2 is 2.19 bits per heavy atom. The Morgan fingerprint density at radius 1 is 1.43 bits per heavy atom. The summed E-state index contributed by atoms with van der Waals surface area (Å²) in [5.74, 6) is 0.0826. The third kappa shape index (κ3) is 2.61. The summed E-state index contributed by atoms with van der Waals surface area (Å²) in [6.45, 7) is 2.96. The Hall–Kier alpha value is -2.37. The first kappa shape index (κ1) is 13.6. The number of nitrogens with zero attached hydrogens (tertiary/aromatic N) is 2. The molecule has 1 aromatic heterocycles. The number of rotatable bonds is 5. The number of aromatic carboxylic acids is 1. The number of para-hydroxylation sites is 1. The maximum Gasteiger partial charge on any atom is 0.337 e. The number of nitrogens with one attached hydrogen (secondary N) is 1. The van der Waals surface area contributed by atoms with Gasteiger partial charge in [0.1, 0.15) is 11.3 Å². The van der Waals surface area contributed by atoms with Gasteiger partial charge < -0.3 is 15.0 Å². The molecule has 0 saturated heterocycles. The van der Waals surface area contributed by atoms with Gasteiger partial charge in [0.15, 0.2) is 0 Å². The van der Waals surface area contributed by atoms with E-state index in [1.165, 1.54) is 0 Å². The highest BCUT2D eigenvalue weighted by Crippen LogP contribution is 2.28. The molecule has 1 saturated carbocycles. The molecule has 0 atom stereocenters. The highest BCUT2D eigenvalue weighted by atomic mass is 16.4. The number of fused-ring (bicyclic) bond motifs is 1. The van der Waals surface area contributed by atoms with Crippen molar-refractivity contribution >= 4 is 22.9 Å². The molecule has 21 heavy (non-hydrogen) atoms. The second-order valence-corrected chi connectivity index (χ2v) is 5.35. The van der Waals surface area contributed by atoms with E-state index < -0.39 is 5.97 Å². The minimum Gasteiger partial charge on any atom is -0.478 e. The van der Waals surface area contributed by atoms with E-state index in [0.717, 1.165) is 24.2 Å². The van der Waals surface area contributed by atoms with E-state index in [4.69, 9.17) is 0 Å². The first-order valence-corrected chi connectivity index (χ1v) is 7.05. The van der Waals surface area contributed by atoms with Gasteiger partial charge in [0.25, 0.3) is 0 Å². The van der Waals surface area contributed by atoms with Gasteiger partial charge >= 0.3 is 5.97 Å². The Balaban J connectivity index is 1.81. The van der Waals surface area contributed by atoms with Crippen molar-refractivity contribution in [2.24, 2.45) is 5.92 Å². The second-order valence-electron chi connectivity index (χ2n) is 5.35. The number of hydrogen-bond donors (Lipinski definition) is 2. The van der Waals surface area contributed by atoms with E-state index in [-0.39, 0.29) is 17.4 Å². The SMILES string of the molecule is Cc1nc2c(C(=O)O)cccc2n1CCNC(=O)C1CC1. The van der Waals surface area contributed by atoms with Gasteiger partial charge in [-0.25, -0.2) is 9.78 Å². The highest BCUT2D eigenvalue weighted by Gasteiger charge is 2.29. The molecule has 1 aromatic carbocycles. The zero-order valence-electron chi connectivity index (χ0n) is 11.8. The van der Waals surface area contributed by atoms with Crippen LogP contribution in [0.3, 0.4) is 0 Å². The summed E-state index contributed by atoms with van der Waals surface area (Å²) in [6.07, 6.45) is 1.97.